The zero-order valence-electron chi connectivity index (χ0n) is 13.6. The molecule has 128 valence electrons. The second kappa shape index (κ2) is 8.97. The molecule has 24 heavy (non-hydrogen) atoms. The van der Waals surface area contributed by atoms with Crippen molar-refractivity contribution in [2.75, 3.05) is 18.9 Å². The summed E-state index contributed by atoms with van der Waals surface area (Å²) in [5.74, 6) is -0.183. The van der Waals surface area contributed by atoms with Gasteiger partial charge >= 0.3 is 0 Å². The van der Waals surface area contributed by atoms with E-state index < -0.39 is 5.82 Å². The number of carbonyl (C=O) groups excluding carboxylic acids is 1. The molecule has 0 unspecified atom stereocenters. The number of aryl methyl sites for hydroxylation is 1. The van der Waals surface area contributed by atoms with Crippen molar-refractivity contribution in [2.45, 2.75) is 19.9 Å². The molecule has 6 nitrogen and oxygen atoms in total. The Morgan fingerprint density at radius 3 is 2.88 bits per heavy atom. The molecule has 0 saturated carbocycles. The summed E-state index contributed by atoms with van der Waals surface area (Å²) in [6.07, 6.45) is 2.83. The fourth-order valence-corrected chi connectivity index (χ4v) is 2.71. The molecule has 0 aliphatic rings. The Morgan fingerprint density at radius 2 is 2.21 bits per heavy atom. The van der Waals surface area contributed by atoms with Crippen molar-refractivity contribution >= 4 is 28.9 Å². The van der Waals surface area contributed by atoms with Crippen LogP contribution < -0.4 is 16.0 Å². The average molecular weight is 349 g/mol. The lowest BCUT2D eigenvalue weighted by atomic mass is 10.3. The number of guanidine groups is 1. The summed E-state index contributed by atoms with van der Waals surface area (Å²) in [5.41, 5.74) is 0.416. The van der Waals surface area contributed by atoms with Crippen molar-refractivity contribution in [2.24, 2.45) is 4.99 Å². The Kier molecular flexibility index (Phi) is 6.68. The first-order chi connectivity index (χ1) is 11.6. The Balaban J connectivity index is 1.77. The van der Waals surface area contributed by atoms with E-state index in [4.69, 9.17) is 0 Å². The number of amides is 1. The van der Waals surface area contributed by atoms with Gasteiger partial charge in [0.05, 0.1) is 13.1 Å². The minimum atomic E-state index is -0.395. The zero-order chi connectivity index (χ0) is 17.4. The monoisotopic (exact) mass is 349 g/mol. The zero-order valence-corrected chi connectivity index (χ0v) is 14.4. The molecule has 1 aromatic carbocycles. The number of nitrogens with one attached hydrogen (secondary N) is 3. The van der Waals surface area contributed by atoms with Crippen LogP contribution in [-0.2, 0) is 17.8 Å². The lowest BCUT2D eigenvalue weighted by molar-refractivity contribution is -0.115. The van der Waals surface area contributed by atoms with Crippen molar-refractivity contribution in [1.82, 2.24) is 15.6 Å². The number of thiazole rings is 1. The highest BCUT2D eigenvalue weighted by Gasteiger charge is 2.06. The van der Waals surface area contributed by atoms with Crippen LogP contribution in [-0.4, -0.2) is 30.4 Å². The van der Waals surface area contributed by atoms with Crippen molar-refractivity contribution in [3.8, 4) is 0 Å². The van der Waals surface area contributed by atoms with Gasteiger partial charge in [-0.3, -0.25) is 9.79 Å². The topological polar surface area (TPSA) is 78.4 Å². The molecule has 0 aliphatic heterocycles. The van der Waals surface area contributed by atoms with E-state index >= 15 is 0 Å². The van der Waals surface area contributed by atoms with Crippen molar-refractivity contribution < 1.29 is 9.18 Å². The maximum atomic E-state index is 13.1. The summed E-state index contributed by atoms with van der Waals surface area (Å²) in [7, 11) is 1.62. The Bertz CT molecular complexity index is 716. The fourth-order valence-electron chi connectivity index (χ4n) is 1.91. The van der Waals surface area contributed by atoms with Crippen LogP contribution in [0.25, 0.3) is 0 Å². The number of hydrogen-bond donors (Lipinski definition) is 3. The van der Waals surface area contributed by atoms with E-state index in [-0.39, 0.29) is 12.5 Å². The summed E-state index contributed by atoms with van der Waals surface area (Å²) >= 11 is 1.64. The normalized spacial score (nSPS) is 11.2. The Hall–Kier alpha value is -2.48. The molecule has 1 heterocycles. The van der Waals surface area contributed by atoms with Gasteiger partial charge in [0.15, 0.2) is 5.96 Å². The highest BCUT2D eigenvalue weighted by atomic mass is 32.1. The Morgan fingerprint density at radius 1 is 1.38 bits per heavy atom. The van der Waals surface area contributed by atoms with Gasteiger partial charge in [0, 0.05) is 23.8 Å². The number of rotatable bonds is 6. The third kappa shape index (κ3) is 5.62. The van der Waals surface area contributed by atoms with Crippen LogP contribution in [0.3, 0.4) is 0 Å². The maximum Gasteiger partial charge on any atom is 0.243 e. The van der Waals surface area contributed by atoms with Crippen LogP contribution in [0.5, 0.6) is 0 Å². The van der Waals surface area contributed by atoms with Gasteiger partial charge < -0.3 is 16.0 Å². The summed E-state index contributed by atoms with van der Waals surface area (Å²) in [5, 5.41) is 9.57. The molecule has 0 radical (unpaired) electrons. The number of hydrogen-bond acceptors (Lipinski definition) is 4. The molecule has 0 atom stereocenters. The van der Waals surface area contributed by atoms with Crippen LogP contribution in [0, 0.1) is 5.82 Å². The average Bonchev–Trinajstić information content (AvgIpc) is 3.03. The number of aliphatic imine (C=N–C) groups is 1. The van der Waals surface area contributed by atoms with E-state index in [9.17, 15) is 9.18 Å². The predicted molar refractivity (Wildman–Crippen MR) is 94.7 cm³/mol. The first kappa shape index (κ1) is 17.9. The van der Waals surface area contributed by atoms with E-state index in [1.165, 1.54) is 23.1 Å². The minimum Gasteiger partial charge on any atom is -0.350 e. The highest BCUT2D eigenvalue weighted by Crippen LogP contribution is 2.12. The van der Waals surface area contributed by atoms with E-state index in [0.717, 1.165) is 11.4 Å². The van der Waals surface area contributed by atoms with Crippen LogP contribution in [0.15, 0.2) is 35.5 Å². The third-order valence-corrected chi connectivity index (χ3v) is 4.25. The largest absolute Gasteiger partial charge is 0.350 e. The van der Waals surface area contributed by atoms with Gasteiger partial charge in [-0.1, -0.05) is 13.0 Å². The van der Waals surface area contributed by atoms with Crippen molar-refractivity contribution in [1.29, 1.82) is 0 Å². The maximum absolute atomic E-state index is 13.1. The number of carbonyl (C=O) groups is 1. The van der Waals surface area contributed by atoms with Gasteiger partial charge in [0.25, 0.3) is 0 Å². The third-order valence-electron chi connectivity index (χ3n) is 3.11. The fraction of sp³-hybridized carbons (Fsp3) is 0.312. The van der Waals surface area contributed by atoms with Gasteiger partial charge in [0.1, 0.15) is 10.8 Å². The molecule has 3 N–H and O–H groups in total. The lowest BCUT2D eigenvalue weighted by Crippen LogP contribution is -2.41. The van der Waals surface area contributed by atoms with E-state index in [1.54, 1.807) is 24.5 Å². The van der Waals surface area contributed by atoms with Crippen LogP contribution >= 0.6 is 11.3 Å². The van der Waals surface area contributed by atoms with Crippen LogP contribution in [0.1, 0.15) is 16.8 Å². The molecule has 0 bridgehead atoms. The smallest absolute Gasteiger partial charge is 0.243 e. The quantitative estimate of drug-likeness (QED) is 0.552. The molecule has 2 aromatic rings. The molecular formula is C16H20FN5OS. The lowest BCUT2D eigenvalue weighted by Gasteiger charge is -2.11. The van der Waals surface area contributed by atoms with Gasteiger partial charge in [-0.05, 0) is 24.6 Å². The molecule has 2 rings (SSSR count). The summed E-state index contributed by atoms with van der Waals surface area (Å²) in [6, 6.07) is 5.75. The van der Waals surface area contributed by atoms with Gasteiger partial charge in [-0.15, -0.1) is 11.3 Å². The molecule has 0 saturated heterocycles. The number of nitrogens with zero attached hydrogens (tertiary/aromatic N) is 2. The van der Waals surface area contributed by atoms with E-state index in [2.05, 4.69) is 32.9 Å². The predicted octanol–water partition coefficient (Wildman–Crippen LogP) is 2.15. The number of benzene rings is 1. The highest BCUT2D eigenvalue weighted by molar-refractivity contribution is 7.11. The van der Waals surface area contributed by atoms with Gasteiger partial charge in [-0.2, -0.15) is 0 Å². The summed E-state index contributed by atoms with van der Waals surface area (Å²) < 4.78 is 13.1. The molecule has 8 heteroatoms. The first-order valence-corrected chi connectivity index (χ1v) is 8.36. The second-order valence-electron chi connectivity index (χ2n) is 4.91. The molecule has 0 aliphatic carbocycles. The number of aromatic nitrogens is 1. The molecular weight excluding hydrogens is 329 g/mol. The van der Waals surface area contributed by atoms with E-state index in [0.29, 0.717) is 18.2 Å². The first-order valence-electron chi connectivity index (χ1n) is 7.54. The van der Waals surface area contributed by atoms with Crippen molar-refractivity contribution in [3.05, 3.63) is 46.2 Å². The number of halogens is 1. The van der Waals surface area contributed by atoms with Gasteiger partial charge in [0.2, 0.25) is 5.91 Å². The van der Waals surface area contributed by atoms with Crippen molar-refractivity contribution in [3.63, 3.8) is 0 Å². The van der Waals surface area contributed by atoms with Crippen LogP contribution in [0.2, 0.25) is 0 Å². The Labute approximate surface area is 144 Å². The molecule has 0 spiro atoms. The van der Waals surface area contributed by atoms with Crippen LogP contribution in [0.4, 0.5) is 10.1 Å². The molecule has 1 amide bonds. The SMILES string of the molecule is CCc1cnc(CNC(=NC)NCC(=O)Nc2cccc(F)c2)s1. The summed E-state index contributed by atoms with van der Waals surface area (Å²) in [4.78, 5) is 21.5. The standard InChI is InChI=1S/C16H20FN5OS/c1-3-13-8-19-15(24-13)10-21-16(18-2)20-9-14(23)22-12-6-4-5-11(17)7-12/h4-8H,3,9-10H2,1-2H3,(H,22,23)(H2,18,20,21). The summed E-state index contributed by atoms with van der Waals surface area (Å²) in [6.45, 7) is 2.65. The molecule has 0 fully saturated rings. The second-order valence-corrected chi connectivity index (χ2v) is 6.11. The number of anilines is 1. The molecule has 1 aromatic heterocycles. The minimum absolute atomic E-state index is 0.0221. The van der Waals surface area contributed by atoms with E-state index in [1.807, 2.05) is 6.20 Å². The van der Waals surface area contributed by atoms with Gasteiger partial charge in [-0.25, -0.2) is 9.37 Å².